The number of thiazole rings is 1. The molecule has 1 amide bonds. The molecule has 0 spiro atoms. The van der Waals surface area contributed by atoms with Gasteiger partial charge < -0.3 is 4.57 Å². The van der Waals surface area contributed by atoms with E-state index < -0.39 is 0 Å². The number of fused-ring (bicyclic) bond motifs is 2. The predicted octanol–water partition coefficient (Wildman–Crippen LogP) is 3.19. The lowest BCUT2D eigenvalue weighted by Gasteiger charge is -2.12. The largest absolute Gasteiger partial charge is 0.302 e. The molecule has 126 valence electrons. The van der Waals surface area contributed by atoms with E-state index in [1.54, 1.807) is 21.0 Å². The van der Waals surface area contributed by atoms with Crippen LogP contribution in [0.4, 0.5) is 5.13 Å². The molecule has 0 N–H and O–H groups in total. The quantitative estimate of drug-likeness (QED) is 0.543. The minimum Gasteiger partial charge on any atom is -0.302 e. The van der Waals surface area contributed by atoms with Crippen LogP contribution >= 0.6 is 22.7 Å². The summed E-state index contributed by atoms with van der Waals surface area (Å²) in [7, 11) is 3.36. The van der Waals surface area contributed by atoms with E-state index in [1.807, 2.05) is 24.3 Å². The molecule has 0 fully saturated rings. The summed E-state index contributed by atoms with van der Waals surface area (Å²) in [6, 6.07) is 7.77. The van der Waals surface area contributed by atoms with Crippen LogP contribution in [0, 0.1) is 6.92 Å². The van der Waals surface area contributed by atoms with Gasteiger partial charge in [-0.3, -0.25) is 14.5 Å². The monoisotopic (exact) mass is 370 g/mol. The summed E-state index contributed by atoms with van der Waals surface area (Å²) in [5.41, 5.74) is 1.40. The molecule has 0 aliphatic carbocycles. The second-order valence-corrected chi connectivity index (χ2v) is 7.73. The highest BCUT2D eigenvalue weighted by Gasteiger charge is 2.24. The molecule has 0 unspecified atom stereocenters. The van der Waals surface area contributed by atoms with Gasteiger partial charge in [-0.15, -0.1) is 11.3 Å². The zero-order valence-corrected chi connectivity index (χ0v) is 15.4. The first kappa shape index (κ1) is 15.9. The van der Waals surface area contributed by atoms with Crippen LogP contribution in [-0.4, -0.2) is 27.5 Å². The van der Waals surface area contributed by atoms with Gasteiger partial charge in [-0.1, -0.05) is 23.5 Å². The molecule has 3 aromatic heterocycles. The molecule has 25 heavy (non-hydrogen) atoms. The predicted molar refractivity (Wildman–Crippen MR) is 102 cm³/mol. The molecule has 0 atom stereocenters. The highest BCUT2D eigenvalue weighted by molar-refractivity contribution is 7.23. The van der Waals surface area contributed by atoms with Crippen LogP contribution in [0.25, 0.3) is 20.4 Å². The van der Waals surface area contributed by atoms with Gasteiger partial charge in [0.15, 0.2) is 5.13 Å². The van der Waals surface area contributed by atoms with Gasteiger partial charge in [0, 0.05) is 14.1 Å². The summed E-state index contributed by atoms with van der Waals surface area (Å²) in [6.45, 7) is 1.79. The second kappa shape index (κ2) is 5.75. The van der Waals surface area contributed by atoms with Gasteiger partial charge in [0.05, 0.1) is 26.8 Å². The molecular weight excluding hydrogens is 356 g/mol. The van der Waals surface area contributed by atoms with Crippen LogP contribution in [0.5, 0.6) is 0 Å². The van der Waals surface area contributed by atoms with E-state index in [1.165, 1.54) is 38.5 Å². The molecule has 0 saturated heterocycles. The number of anilines is 1. The first-order valence-corrected chi connectivity index (χ1v) is 9.19. The van der Waals surface area contributed by atoms with Gasteiger partial charge in [0.25, 0.3) is 11.5 Å². The SMILES string of the molecule is Cc1c(C(=O)N(C)c2nc3ccccc3s2)sc2ncn(C)c(=O)c12. The van der Waals surface area contributed by atoms with Crippen molar-refractivity contribution >= 4 is 54.1 Å². The van der Waals surface area contributed by atoms with Crippen molar-refractivity contribution in [1.29, 1.82) is 0 Å². The molecule has 8 heteroatoms. The smallest absolute Gasteiger partial charge is 0.270 e. The number of aromatic nitrogens is 3. The molecule has 6 nitrogen and oxygen atoms in total. The van der Waals surface area contributed by atoms with E-state index in [2.05, 4.69) is 9.97 Å². The Balaban J connectivity index is 1.80. The third-order valence-corrected chi connectivity index (χ3v) is 6.38. The van der Waals surface area contributed by atoms with E-state index >= 15 is 0 Å². The minimum absolute atomic E-state index is 0.138. The van der Waals surface area contributed by atoms with Crippen molar-refractivity contribution < 1.29 is 4.79 Å². The lowest BCUT2D eigenvalue weighted by Crippen LogP contribution is -2.26. The topological polar surface area (TPSA) is 68.1 Å². The van der Waals surface area contributed by atoms with Crippen LogP contribution in [0.3, 0.4) is 0 Å². The molecule has 0 aliphatic rings. The molecule has 1 aromatic carbocycles. The van der Waals surface area contributed by atoms with Crippen molar-refractivity contribution in [3.8, 4) is 0 Å². The number of amides is 1. The van der Waals surface area contributed by atoms with E-state index in [0.29, 0.717) is 25.8 Å². The number of para-hydroxylation sites is 1. The molecule has 0 saturated carbocycles. The van der Waals surface area contributed by atoms with E-state index in [-0.39, 0.29) is 11.5 Å². The maximum Gasteiger partial charge on any atom is 0.270 e. The Bertz CT molecular complexity index is 1160. The first-order chi connectivity index (χ1) is 12.0. The van der Waals surface area contributed by atoms with Gasteiger partial charge in [-0.25, -0.2) is 9.97 Å². The Morgan fingerprint density at radius 1 is 1.24 bits per heavy atom. The third kappa shape index (κ3) is 2.45. The highest BCUT2D eigenvalue weighted by Crippen LogP contribution is 2.32. The molecule has 3 heterocycles. The number of carbonyl (C=O) groups is 1. The average Bonchev–Trinajstić information content (AvgIpc) is 3.18. The number of aryl methyl sites for hydroxylation is 2. The van der Waals surface area contributed by atoms with Crippen molar-refractivity contribution in [3.63, 3.8) is 0 Å². The van der Waals surface area contributed by atoms with E-state index in [0.717, 1.165) is 10.2 Å². The van der Waals surface area contributed by atoms with Crippen molar-refractivity contribution in [3.05, 3.63) is 51.4 Å². The van der Waals surface area contributed by atoms with E-state index in [9.17, 15) is 9.59 Å². The number of hydrogen-bond donors (Lipinski definition) is 0. The number of nitrogens with zero attached hydrogens (tertiary/aromatic N) is 4. The van der Waals surface area contributed by atoms with E-state index in [4.69, 9.17) is 0 Å². The fourth-order valence-corrected chi connectivity index (χ4v) is 4.70. The summed E-state index contributed by atoms with van der Waals surface area (Å²) in [4.78, 5) is 36.7. The Hall–Kier alpha value is -2.58. The van der Waals surface area contributed by atoms with Crippen LogP contribution in [0.15, 0.2) is 35.4 Å². The van der Waals surface area contributed by atoms with Crippen LogP contribution < -0.4 is 10.5 Å². The summed E-state index contributed by atoms with van der Waals surface area (Å²) >= 11 is 2.71. The summed E-state index contributed by atoms with van der Waals surface area (Å²) in [5, 5.41) is 1.14. The lowest BCUT2D eigenvalue weighted by molar-refractivity contribution is 0.0996. The van der Waals surface area contributed by atoms with Gasteiger partial charge >= 0.3 is 0 Å². The average molecular weight is 370 g/mol. The summed E-state index contributed by atoms with van der Waals surface area (Å²) < 4.78 is 2.45. The fraction of sp³-hybridized carbons (Fsp3) is 0.176. The number of thiophene rings is 1. The number of hydrogen-bond acceptors (Lipinski definition) is 6. The molecular formula is C17H14N4O2S2. The molecule has 0 bridgehead atoms. The third-order valence-electron chi connectivity index (χ3n) is 4.08. The summed E-state index contributed by atoms with van der Waals surface area (Å²) in [6.07, 6.45) is 1.48. The second-order valence-electron chi connectivity index (χ2n) is 5.73. The molecule has 0 radical (unpaired) electrons. The Kier molecular flexibility index (Phi) is 3.66. The standard InChI is InChI=1S/C17H14N4O2S2/c1-9-12-14(18-8-20(2)15(12)22)25-13(9)16(23)21(3)17-19-10-6-4-5-7-11(10)24-17/h4-8H,1-3H3. The normalized spacial score (nSPS) is 11.3. The first-order valence-electron chi connectivity index (χ1n) is 7.55. The van der Waals surface area contributed by atoms with Crippen molar-refractivity contribution in [2.75, 3.05) is 11.9 Å². The van der Waals surface area contributed by atoms with Crippen molar-refractivity contribution in [1.82, 2.24) is 14.5 Å². The van der Waals surface area contributed by atoms with Crippen LogP contribution in [0.2, 0.25) is 0 Å². The van der Waals surface area contributed by atoms with Gasteiger partial charge in [-0.05, 0) is 24.6 Å². The Labute approximate surface area is 151 Å². The zero-order valence-electron chi connectivity index (χ0n) is 13.8. The molecule has 0 aliphatic heterocycles. The maximum atomic E-state index is 13.0. The summed E-state index contributed by atoms with van der Waals surface area (Å²) in [5.74, 6) is -0.179. The van der Waals surface area contributed by atoms with Crippen molar-refractivity contribution in [2.24, 2.45) is 7.05 Å². The number of benzene rings is 1. The Morgan fingerprint density at radius 2 is 2.00 bits per heavy atom. The number of rotatable bonds is 2. The van der Waals surface area contributed by atoms with Gasteiger partial charge in [0.1, 0.15) is 4.83 Å². The Morgan fingerprint density at radius 3 is 2.76 bits per heavy atom. The lowest BCUT2D eigenvalue weighted by atomic mass is 10.2. The van der Waals surface area contributed by atoms with Gasteiger partial charge in [-0.2, -0.15) is 0 Å². The van der Waals surface area contributed by atoms with Crippen LogP contribution in [0.1, 0.15) is 15.2 Å². The number of carbonyl (C=O) groups excluding carboxylic acids is 1. The molecule has 4 aromatic rings. The van der Waals surface area contributed by atoms with Gasteiger partial charge in [0.2, 0.25) is 0 Å². The maximum absolute atomic E-state index is 13.0. The highest BCUT2D eigenvalue weighted by atomic mass is 32.1. The fourth-order valence-electron chi connectivity index (χ4n) is 2.66. The van der Waals surface area contributed by atoms with Crippen molar-refractivity contribution in [2.45, 2.75) is 6.92 Å². The minimum atomic E-state index is -0.179. The zero-order chi connectivity index (χ0) is 17.7. The van der Waals surface area contributed by atoms with Crippen LogP contribution in [-0.2, 0) is 7.05 Å². The molecule has 4 rings (SSSR count).